The lowest BCUT2D eigenvalue weighted by Gasteiger charge is -2.22. The molecule has 3 aromatic heterocycles. The third-order valence-electron chi connectivity index (χ3n) is 4.21. The van der Waals surface area contributed by atoms with E-state index in [1.165, 1.54) is 11.3 Å². The van der Waals surface area contributed by atoms with Crippen molar-refractivity contribution in [2.24, 2.45) is 0 Å². The highest BCUT2D eigenvalue weighted by atomic mass is 32.1. The van der Waals surface area contributed by atoms with Crippen LogP contribution in [0.2, 0.25) is 0 Å². The van der Waals surface area contributed by atoms with Crippen LogP contribution in [0, 0.1) is 0 Å². The van der Waals surface area contributed by atoms with Crippen molar-refractivity contribution in [3.05, 3.63) is 36.4 Å². The minimum atomic E-state index is 0.00491. The molecule has 4 rings (SSSR count). The highest BCUT2D eigenvalue weighted by Gasteiger charge is 2.17. The van der Waals surface area contributed by atoms with E-state index in [1.807, 2.05) is 32.6 Å². The summed E-state index contributed by atoms with van der Waals surface area (Å²) in [6, 6.07) is 2.20. The van der Waals surface area contributed by atoms with Crippen molar-refractivity contribution in [2.75, 3.05) is 32.6 Å². The van der Waals surface area contributed by atoms with Gasteiger partial charge < -0.3 is 19.7 Å². The summed E-state index contributed by atoms with van der Waals surface area (Å²) < 4.78 is 11.3. The molecule has 0 aromatic carbocycles. The zero-order valence-corrected chi connectivity index (χ0v) is 17.2. The molecule has 0 unspecified atom stereocenters. The predicted molar refractivity (Wildman–Crippen MR) is 110 cm³/mol. The highest BCUT2D eigenvalue weighted by Crippen LogP contribution is 2.29. The molecule has 0 spiro atoms. The number of hydrogen-bond acceptors (Lipinski definition) is 10. The van der Waals surface area contributed by atoms with Gasteiger partial charge in [-0.3, -0.25) is 0 Å². The van der Waals surface area contributed by atoms with Crippen molar-refractivity contribution >= 4 is 22.4 Å². The van der Waals surface area contributed by atoms with Gasteiger partial charge in [-0.1, -0.05) is 11.3 Å². The SMILES string of the molecule is CN(C)Cc1cnc(Nc2ncc(-c3ccnc(O[C@@H]4CCCOC4)n3)s2)nc1. The Bertz CT molecular complexity index is 926. The topological polar surface area (TPSA) is 98.2 Å². The van der Waals surface area contributed by atoms with Crippen molar-refractivity contribution in [2.45, 2.75) is 25.5 Å². The number of nitrogens with one attached hydrogen (secondary N) is 1. The number of thiazole rings is 1. The van der Waals surface area contributed by atoms with E-state index in [2.05, 4.69) is 35.1 Å². The third kappa shape index (κ3) is 5.43. The van der Waals surface area contributed by atoms with Crippen molar-refractivity contribution in [3.8, 4) is 16.6 Å². The molecule has 0 radical (unpaired) electrons. The number of aromatic nitrogens is 5. The Balaban J connectivity index is 1.41. The third-order valence-corrected chi connectivity index (χ3v) is 5.14. The maximum absolute atomic E-state index is 5.86. The molecule has 1 aliphatic rings. The fraction of sp³-hybridized carbons (Fsp3) is 0.421. The number of rotatable bonds is 7. The van der Waals surface area contributed by atoms with Crippen LogP contribution in [0.4, 0.5) is 11.1 Å². The second-order valence-corrected chi connectivity index (χ2v) is 8.02. The molecular formula is C19H23N7O2S. The molecule has 0 saturated carbocycles. The molecular weight excluding hydrogens is 390 g/mol. The molecule has 1 N–H and O–H groups in total. The molecule has 1 aliphatic heterocycles. The van der Waals surface area contributed by atoms with Crippen LogP contribution in [-0.2, 0) is 11.3 Å². The van der Waals surface area contributed by atoms with Crippen molar-refractivity contribution in [1.82, 2.24) is 29.8 Å². The first-order valence-electron chi connectivity index (χ1n) is 9.42. The zero-order valence-electron chi connectivity index (χ0n) is 16.4. The number of hydrogen-bond donors (Lipinski definition) is 1. The highest BCUT2D eigenvalue weighted by molar-refractivity contribution is 7.18. The van der Waals surface area contributed by atoms with E-state index in [4.69, 9.17) is 9.47 Å². The Hall–Kier alpha value is -2.69. The predicted octanol–water partition coefficient (Wildman–Crippen LogP) is 2.75. The smallest absolute Gasteiger partial charge is 0.317 e. The zero-order chi connectivity index (χ0) is 20.1. The summed E-state index contributed by atoms with van der Waals surface area (Å²) in [5.74, 6) is 0.511. The van der Waals surface area contributed by atoms with Gasteiger partial charge in [-0.05, 0) is 33.0 Å². The summed E-state index contributed by atoms with van der Waals surface area (Å²) in [5.41, 5.74) is 1.82. The molecule has 152 valence electrons. The average molecular weight is 414 g/mol. The van der Waals surface area contributed by atoms with Crippen molar-refractivity contribution in [1.29, 1.82) is 0 Å². The monoisotopic (exact) mass is 413 g/mol. The summed E-state index contributed by atoms with van der Waals surface area (Å²) in [6.07, 6.45) is 9.04. The fourth-order valence-corrected chi connectivity index (χ4v) is 3.68. The molecule has 0 bridgehead atoms. The first kappa shape index (κ1) is 19.6. The molecule has 0 aliphatic carbocycles. The van der Waals surface area contributed by atoms with E-state index in [-0.39, 0.29) is 6.10 Å². The van der Waals surface area contributed by atoms with Crippen LogP contribution in [0.25, 0.3) is 10.6 Å². The fourth-order valence-electron chi connectivity index (χ4n) is 2.90. The van der Waals surface area contributed by atoms with Gasteiger partial charge in [-0.25, -0.2) is 19.9 Å². The van der Waals surface area contributed by atoms with Crippen LogP contribution in [0.5, 0.6) is 6.01 Å². The van der Waals surface area contributed by atoms with Crippen LogP contribution < -0.4 is 10.1 Å². The van der Waals surface area contributed by atoms with E-state index in [0.29, 0.717) is 23.7 Å². The largest absolute Gasteiger partial charge is 0.458 e. The van der Waals surface area contributed by atoms with E-state index in [1.54, 1.807) is 12.4 Å². The normalized spacial score (nSPS) is 16.7. The average Bonchev–Trinajstić information content (AvgIpc) is 3.19. The summed E-state index contributed by atoms with van der Waals surface area (Å²) in [4.78, 5) is 24.8. The lowest BCUT2D eigenvalue weighted by Crippen LogP contribution is -2.28. The summed E-state index contributed by atoms with van der Waals surface area (Å²) in [6.45, 7) is 2.17. The van der Waals surface area contributed by atoms with Gasteiger partial charge in [0.15, 0.2) is 5.13 Å². The van der Waals surface area contributed by atoms with Crippen LogP contribution in [-0.4, -0.2) is 63.2 Å². The second kappa shape index (κ2) is 9.21. The summed E-state index contributed by atoms with van der Waals surface area (Å²) in [7, 11) is 4.02. The standard InChI is InChI=1S/C19H23N7O2S/c1-26(2)11-13-8-21-17(22-9-13)25-19-23-10-16(29-19)15-5-6-20-18(24-15)28-14-4-3-7-27-12-14/h5-6,8-10,14H,3-4,7,11-12H2,1-2H3,(H,21,22,23,25)/t14-/m1/s1. The molecule has 1 atom stereocenters. The Labute approximate surface area is 173 Å². The summed E-state index contributed by atoms with van der Waals surface area (Å²) >= 11 is 1.47. The molecule has 9 nitrogen and oxygen atoms in total. The van der Waals surface area contributed by atoms with Gasteiger partial charge in [0.1, 0.15) is 6.10 Å². The first-order chi connectivity index (χ1) is 14.2. The van der Waals surface area contributed by atoms with Crippen LogP contribution in [0.15, 0.2) is 30.9 Å². The minimum absolute atomic E-state index is 0.00491. The van der Waals surface area contributed by atoms with Crippen LogP contribution in [0.3, 0.4) is 0 Å². The van der Waals surface area contributed by atoms with Gasteiger partial charge in [0.2, 0.25) is 5.95 Å². The van der Waals surface area contributed by atoms with Gasteiger partial charge >= 0.3 is 6.01 Å². The van der Waals surface area contributed by atoms with E-state index in [9.17, 15) is 0 Å². The van der Waals surface area contributed by atoms with Crippen LogP contribution in [0.1, 0.15) is 18.4 Å². The Morgan fingerprint density at radius 2 is 2.07 bits per heavy atom. The molecule has 1 saturated heterocycles. The maximum atomic E-state index is 5.86. The van der Waals surface area contributed by atoms with E-state index >= 15 is 0 Å². The van der Waals surface area contributed by atoms with E-state index in [0.717, 1.165) is 42.1 Å². The molecule has 4 heterocycles. The van der Waals surface area contributed by atoms with Gasteiger partial charge in [0.05, 0.1) is 17.2 Å². The molecule has 1 fully saturated rings. The van der Waals surface area contributed by atoms with Crippen molar-refractivity contribution in [3.63, 3.8) is 0 Å². The quantitative estimate of drug-likeness (QED) is 0.627. The first-order valence-corrected chi connectivity index (χ1v) is 10.2. The summed E-state index contributed by atoms with van der Waals surface area (Å²) in [5, 5.41) is 3.83. The molecule has 3 aromatic rings. The molecule has 0 amide bonds. The molecule has 10 heteroatoms. The van der Waals surface area contributed by atoms with Gasteiger partial charge in [0, 0.05) is 43.5 Å². The lowest BCUT2D eigenvalue weighted by molar-refractivity contribution is 0.00342. The Kier molecular flexibility index (Phi) is 6.23. The van der Waals surface area contributed by atoms with Crippen molar-refractivity contribution < 1.29 is 9.47 Å². The Morgan fingerprint density at radius 3 is 2.83 bits per heavy atom. The van der Waals surface area contributed by atoms with Crippen LogP contribution >= 0.6 is 11.3 Å². The minimum Gasteiger partial charge on any atom is -0.458 e. The lowest BCUT2D eigenvalue weighted by atomic mass is 10.2. The van der Waals surface area contributed by atoms with Gasteiger partial charge in [-0.2, -0.15) is 4.98 Å². The molecule has 29 heavy (non-hydrogen) atoms. The Morgan fingerprint density at radius 1 is 1.21 bits per heavy atom. The van der Waals surface area contributed by atoms with Gasteiger partial charge in [-0.15, -0.1) is 0 Å². The number of nitrogens with zero attached hydrogens (tertiary/aromatic N) is 6. The maximum Gasteiger partial charge on any atom is 0.317 e. The number of anilines is 2. The number of ether oxygens (including phenoxy) is 2. The van der Waals surface area contributed by atoms with Gasteiger partial charge in [0.25, 0.3) is 0 Å². The second-order valence-electron chi connectivity index (χ2n) is 6.99. The van der Waals surface area contributed by atoms with E-state index < -0.39 is 0 Å².